The van der Waals surface area contributed by atoms with Crippen molar-refractivity contribution in [1.82, 2.24) is 0 Å². The Labute approximate surface area is 313 Å². The molecule has 0 aromatic heterocycles. The van der Waals surface area contributed by atoms with Crippen molar-refractivity contribution in [3.05, 3.63) is 60.8 Å². The zero-order valence-corrected chi connectivity index (χ0v) is 33.1. The summed E-state index contributed by atoms with van der Waals surface area (Å²) in [6.07, 6.45) is 46.3. The van der Waals surface area contributed by atoms with Gasteiger partial charge in [0, 0.05) is 19.3 Å². The summed E-state index contributed by atoms with van der Waals surface area (Å²) in [5.41, 5.74) is 0. The van der Waals surface area contributed by atoms with Gasteiger partial charge in [-0.05, 0) is 77.0 Å². The van der Waals surface area contributed by atoms with Crippen LogP contribution in [0.25, 0.3) is 0 Å². The molecule has 0 radical (unpaired) electrons. The van der Waals surface area contributed by atoms with Crippen LogP contribution < -0.4 is 0 Å². The zero-order chi connectivity index (χ0) is 37.3. The minimum Gasteiger partial charge on any atom is -0.462 e. The van der Waals surface area contributed by atoms with E-state index in [1.54, 1.807) is 0 Å². The van der Waals surface area contributed by atoms with E-state index in [9.17, 15) is 14.4 Å². The van der Waals surface area contributed by atoms with Crippen LogP contribution >= 0.6 is 0 Å². The highest BCUT2D eigenvalue weighted by Gasteiger charge is 2.19. The molecule has 0 bridgehead atoms. The van der Waals surface area contributed by atoms with E-state index in [-0.39, 0.29) is 37.5 Å². The molecule has 0 rings (SSSR count). The summed E-state index contributed by atoms with van der Waals surface area (Å²) >= 11 is 0. The molecule has 0 spiro atoms. The highest BCUT2D eigenvalue weighted by atomic mass is 16.6. The van der Waals surface area contributed by atoms with Gasteiger partial charge in [-0.2, -0.15) is 0 Å². The lowest BCUT2D eigenvalue weighted by Gasteiger charge is -2.18. The molecule has 0 aliphatic rings. The fourth-order valence-corrected chi connectivity index (χ4v) is 5.26. The third-order valence-corrected chi connectivity index (χ3v) is 8.52. The standard InChI is InChI=1S/C45H76O6/c1-4-7-10-13-16-19-22-25-28-31-34-37-43(46)49-40-42(51-45(48)39-36-33-30-27-24-21-18-15-12-9-6-3)41-50-44(47)38-35-32-29-26-23-20-17-14-11-8-5-2/h13-19,21-22,24,42H,4-12,20,23,25-41H2,1-3H3/b16-13-,17-14-,18-15-,22-19-,24-21-. The van der Waals surface area contributed by atoms with Crippen LogP contribution in [0, 0.1) is 0 Å². The Hall–Kier alpha value is -2.89. The second-order valence-electron chi connectivity index (χ2n) is 13.6. The quantitative estimate of drug-likeness (QED) is 0.0211. The average molecular weight is 713 g/mol. The highest BCUT2D eigenvalue weighted by Crippen LogP contribution is 2.11. The Kier molecular flexibility index (Phi) is 37.6. The van der Waals surface area contributed by atoms with Crippen molar-refractivity contribution in [1.29, 1.82) is 0 Å². The van der Waals surface area contributed by atoms with Crippen molar-refractivity contribution in [2.45, 2.75) is 194 Å². The second-order valence-corrected chi connectivity index (χ2v) is 13.6. The van der Waals surface area contributed by atoms with Crippen LogP contribution in [0.3, 0.4) is 0 Å². The lowest BCUT2D eigenvalue weighted by atomic mass is 10.1. The molecule has 1 unspecified atom stereocenters. The van der Waals surface area contributed by atoms with E-state index in [0.29, 0.717) is 12.8 Å². The van der Waals surface area contributed by atoms with E-state index < -0.39 is 6.10 Å². The smallest absolute Gasteiger partial charge is 0.306 e. The first-order valence-electron chi connectivity index (χ1n) is 20.8. The van der Waals surface area contributed by atoms with E-state index in [0.717, 1.165) is 96.3 Å². The van der Waals surface area contributed by atoms with Gasteiger partial charge in [0.25, 0.3) is 0 Å². The van der Waals surface area contributed by atoms with Gasteiger partial charge in [0.1, 0.15) is 13.2 Å². The normalized spacial score (nSPS) is 12.6. The monoisotopic (exact) mass is 713 g/mol. The van der Waals surface area contributed by atoms with Crippen molar-refractivity contribution < 1.29 is 28.6 Å². The molecule has 6 heteroatoms. The number of hydrogen-bond acceptors (Lipinski definition) is 6. The molecule has 0 heterocycles. The van der Waals surface area contributed by atoms with Crippen molar-refractivity contribution in [3.63, 3.8) is 0 Å². The first-order chi connectivity index (χ1) is 25.0. The molecular formula is C45H76O6. The maximum Gasteiger partial charge on any atom is 0.306 e. The van der Waals surface area contributed by atoms with E-state index in [1.807, 2.05) is 0 Å². The minimum atomic E-state index is -0.797. The van der Waals surface area contributed by atoms with Gasteiger partial charge in [0.05, 0.1) is 0 Å². The van der Waals surface area contributed by atoms with Gasteiger partial charge < -0.3 is 14.2 Å². The topological polar surface area (TPSA) is 78.9 Å². The Balaban J connectivity index is 4.49. The van der Waals surface area contributed by atoms with Gasteiger partial charge in [-0.1, -0.05) is 152 Å². The van der Waals surface area contributed by atoms with Gasteiger partial charge >= 0.3 is 17.9 Å². The predicted octanol–water partition coefficient (Wildman–Crippen LogP) is 13.0. The summed E-state index contributed by atoms with van der Waals surface area (Å²) in [7, 11) is 0. The zero-order valence-electron chi connectivity index (χ0n) is 33.1. The number of rotatable bonds is 36. The molecule has 0 fully saturated rings. The number of unbranched alkanes of at least 4 members (excludes halogenated alkanes) is 17. The Morgan fingerprint density at radius 3 is 1.14 bits per heavy atom. The third-order valence-electron chi connectivity index (χ3n) is 8.52. The summed E-state index contributed by atoms with van der Waals surface area (Å²) in [4.78, 5) is 37.5. The number of hydrogen-bond donors (Lipinski definition) is 0. The molecule has 0 amide bonds. The van der Waals surface area contributed by atoms with E-state index in [2.05, 4.69) is 81.5 Å². The fraction of sp³-hybridized carbons (Fsp3) is 0.711. The van der Waals surface area contributed by atoms with Crippen LogP contribution in [0.4, 0.5) is 0 Å². The van der Waals surface area contributed by atoms with Crippen molar-refractivity contribution in [2.75, 3.05) is 13.2 Å². The molecule has 0 saturated carbocycles. The van der Waals surface area contributed by atoms with Gasteiger partial charge in [-0.3, -0.25) is 14.4 Å². The highest BCUT2D eigenvalue weighted by molar-refractivity contribution is 5.71. The second kappa shape index (κ2) is 39.9. The summed E-state index contributed by atoms with van der Waals surface area (Å²) in [5.74, 6) is -0.976. The van der Waals surface area contributed by atoms with Gasteiger partial charge in [0.2, 0.25) is 0 Å². The fourth-order valence-electron chi connectivity index (χ4n) is 5.26. The number of allylic oxidation sites excluding steroid dienone is 10. The molecule has 51 heavy (non-hydrogen) atoms. The molecular weight excluding hydrogens is 636 g/mol. The number of esters is 3. The average Bonchev–Trinajstić information content (AvgIpc) is 3.12. The van der Waals surface area contributed by atoms with Crippen molar-refractivity contribution >= 4 is 17.9 Å². The summed E-state index contributed by atoms with van der Waals surface area (Å²) in [6.45, 7) is 6.40. The maximum absolute atomic E-state index is 12.6. The van der Waals surface area contributed by atoms with Crippen molar-refractivity contribution in [3.8, 4) is 0 Å². The van der Waals surface area contributed by atoms with Crippen molar-refractivity contribution in [2.24, 2.45) is 0 Å². The van der Waals surface area contributed by atoms with Crippen LogP contribution in [0.1, 0.15) is 188 Å². The lowest BCUT2D eigenvalue weighted by molar-refractivity contribution is -0.167. The summed E-state index contributed by atoms with van der Waals surface area (Å²) in [6, 6.07) is 0. The van der Waals surface area contributed by atoms with E-state index >= 15 is 0 Å². The first kappa shape index (κ1) is 48.1. The molecule has 0 aromatic rings. The molecule has 1 atom stereocenters. The third kappa shape index (κ3) is 38.2. The van der Waals surface area contributed by atoms with Gasteiger partial charge in [0.15, 0.2) is 6.10 Å². The van der Waals surface area contributed by atoms with Gasteiger partial charge in [-0.15, -0.1) is 0 Å². The summed E-state index contributed by atoms with van der Waals surface area (Å²) < 4.78 is 16.6. The minimum absolute atomic E-state index is 0.0992. The van der Waals surface area contributed by atoms with Crippen LogP contribution in [-0.4, -0.2) is 37.2 Å². The molecule has 6 nitrogen and oxygen atoms in total. The predicted molar refractivity (Wildman–Crippen MR) is 215 cm³/mol. The molecule has 0 aliphatic heterocycles. The number of carbonyl (C=O) groups excluding carboxylic acids is 3. The largest absolute Gasteiger partial charge is 0.462 e. The molecule has 0 aromatic carbocycles. The first-order valence-corrected chi connectivity index (χ1v) is 20.8. The summed E-state index contributed by atoms with van der Waals surface area (Å²) in [5, 5.41) is 0. The maximum atomic E-state index is 12.6. The molecule has 0 aliphatic carbocycles. The van der Waals surface area contributed by atoms with E-state index in [4.69, 9.17) is 14.2 Å². The lowest BCUT2D eigenvalue weighted by Crippen LogP contribution is -2.30. The van der Waals surface area contributed by atoms with Crippen LogP contribution in [-0.2, 0) is 28.6 Å². The Bertz CT molecular complexity index is 960. The van der Waals surface area contributed by atoms with E-state index in [1.165, 1.54) is 51.4 Å². The van der Waals surface area contributed by atoms with Crippen LogP contribution in [0.2, 0.25) is 0 Å². The van der Waals surface area contributed by atoms with Crippen LogP contribution in [0.5, 0.6) is 0 Å². The Morgan fingerprint density at radius 1 is 0.392 bits per heavy atom. The number of ether oxygens (including phenoxy) is 3. The van der Waals surface area contributed by atoms with Gasteiger partial charge in [-0.25, -0.2) is 0 Å². The molecule has 0 N–H and O–H groups in total. The number of carbonyl (C=O) groups is 3. The molecule has 0 saturated heterocycles. The van der Waals surface area contributed by atoms with Crippen LogP contribution in [0.15, 0.2) is 60.8 Å². The Morgan fingerprint density at radius 2 is 0.706 bits per heavy atom. The SMILES string of the molecule is CCCC/C=C\C=C/CCCCCC(=O)OCC(COC(=O)CCCCCCC/C=C\CCCC)OC(=O)CCCCC/C=C\C=C/CCCC. The molecule has 292 valence electrons.